The molecule has 0 spiro atoms. The highest BCUT2D eigenvalue weighted by atomic mass is 35.5. The maximum atomic E-state index is 9.99. The maximum Gasteiger partial charge on any atom is 0.169 e. The standard InChI is InChI=1S/C20H23ClN2O2S/c1-25-19-12-16-13-23(10-2-3-15(16)11-18(19)24)20(26)22-9-8-14-4-6-17(21)7-5-14/h4-7,11-12,24H,2-3,8-10,13H2,1H3,(H,22,26). The lowest BCUT2D eigenvalue weighted by atomic mass is 10.0. The average molecular weight is 391 g/mol. The van der Waals surface area contributed by atoms with E-state index >= 15 is 0 Å². The van der Waals surface area contributed by atoms with Crippen LogP contribution in [0, 0.1) is 0 Å². The molecule has 0 bridgehead atoms. The van der Waals surface area contributed by atoms with E-state index in [1.54, 1.807) is 7.11 Å². The van der Waals surface area contributed by atoms with E-state index in [4.69, 9.17) is 28.6 Å². The summed E-state index contributed by atoms with van der Waals surface area (Å²) in [7, 11) is 1.57. The third kappa shape index (κ3) is 4.59. The number of halogens is 1. The smallest absolute Gasteiger partial charge is 0.169 e. The molecule has 0 radical (unpaired) electrons. The number of aryl methyl sites for hydroxylation is 1. The van der Waals surface area contributed by atoms with Crippen LogP contribution in [0.3, 0.4) is 0 Å². The van der Waals surface area contributed by atoms with E-state index in [9.17, 15) is 5.11 Å². The molecule has 0 saturated carbocycles. The Balaban J connectivity index is 1.60. The number of aromatic hydroxyl groups is 1. The Hall–Kier alpha value is -1.98. The van der Waals surface area contributed by atoms with Gasteiger partial charge in [0.25, 0.3) is 0 Å². The second kappa shape index (κ2) is 8.60. The summed E-state index contributed by atoms with van der Waals surface area (Å²) in [5.74, 6) is 0.704. The fourth-order valence-corrected chi connectivity index (χ4v) is 3.58. The molecule has 26 heavy (non-hydrogen) atoms. The third-order valence-electron chi connectivity index (χ3n) is 4.63. The van der Waals surface area contributed by atoms with Crippen molar-refractivity contribution in [2.45, 2.75) is 25.8 Å². The minimum atomic E-state index is 0.198. The molecule has 0 saturated heterocycles. The van der Waals surface area contributed by atoms with Crippen molar-refractivity contribution in [2.75, 3.05) is 20.2 Å². The summed E-state index contributed by atoms with van der Waals surface area (Å²) in [6, 6.07) is 11.6. The molecule has 1 aliphatic rings. The zero-order chi connectivity index (χ0) is 18.5. The molecule has 6 heteroatoms. The normalized spacial score (nSPS) is 13.7. The number of methoxy groups -OCH3 is 1. The van der Waals surface area contributed by atoms with E-state index < -0.39 is 0 Å². The van der Waals surface area contributed by atoms with Crippen molar-refractivity contribution in [2.24, 2.45) is 0 Å². The summed E-state index contributed by atoms with van der Waals surface area (Å²) in [6.45, 7) is 2.39. The molecule has 4 nitrogen and oxygen atoms in total. The SMILES string of the molecule is COc1cc2c(cc1O)CCCN(C(=S)NCCc1ccc(Cl)cc1)C2. The van der Waals surface area contributed by atoms with Gasteiger partial charge in [0.2, 0.25) is 0 Å². The van der Waals surface area contributed by atoms with Gasteiger partial charge in [0, 0.05) is 24.7 Å². The number of hydrogen-bond donors (Lipinski definition) is 2. The van der Waals surface area contributed by atoms with E-state index in [0.29, 0.717) is 5.75 Å². The van der Waals surface area contributed by atoms with Crippen LogP contribution in [-0.2, 0) is 19.4 Å². The van der Waals surface area contributed by atoms with Crippen molar-refractivity contribution < 1.29 is 9.84 Å². The Morgan fingerprint density at radius 1 is 1.27 bits per heavy atom. The first-order valence-electron chi connectivity index (χ1n) is 8.73. The molecule has 3 rings (SSSR count). The highest BCUT2D eigenvalue weighted by Crippen LogP contribution is 2.32. The van der Waals surface area contributed by atoms with Crippen LogP contribution in [0.1, 0.15) is 23.1 Å². The number of ether oxygens (including phenoxy) is 1. The zero-order valence-electron chi connectivity index (χ0n) is 14.8. The molecule has 2 aromatic rings. The molecule has 1 aliphatic heterocycles. The van der Waals surface area contributed by atoms with Gasteiger partial charge in [0.1, 0.15) is 0 Å². The number of thiocarbonyl (C=S) groups is 1. The molecule has 2 aromatic carbocycles. The van der Waals surface area contributed by atoms with Crippen LogP contribution in [0.5, 0.6) is 11.5 Å². The van der Waals surface area contributed by atoms with E-state index in [-0.39, 0.29) is 5.75 Å². The first kappa shape index (κ1) is 18.8. The van der Waals surface area contributed by atoms with Crippen molar-refractivity contribution >= 4 is 28.9 Å². The number of nitrogens with zero attached hydrogens (tertiary/aromatic N) is 1. The first-order chi connectivity index (χ1) is 12.6. The number of phenolic OH excluding ortho intramolecular Hbond substituents is 1. The monoisotopic (exact) mass is 390 g/mol. The summed E-state index contributed by atoms with van der Waals surface area (Å²) in [5, 5.41) is 14.9. The van der Waals surface area contributed by atoms with E-state index in [1.807, 2.05) is 36.4 Å². The Morgan fingerprint density at radius 3 is 2.77 bits per heavy atom. The maximum absolute atomic E-state index is 9.99. The van der Waals surface area contributed by atoms with Crippen LogP contribution in [0.15, 0.2) is 36.4 Å². The molecular weight excluding hydrogens is 368 g/mol. The van der Waals surface area contributed by atoms with Gasteiger partial charge in [-0.15, -0.1) is 0 Å². The van der Waals surface area contributed by atoms with Crippen molar-refractivity contribution in [3.63, 3.8) is 0 Å². The number of benzene rings is 2. The quantitative estimate of drug-likeness (QED) is 0.775. The van der Waals surface area contributed by atoms with Crippen molar-refractivity contribution in [1.29, 1.82) is 0 Å². The second-order valence-electron chi connectivity index (χ2n) is 6.43. The van der Waals surface area contributed by atoms with Crippen LogP contribution < -0.4 is 10.1 Å². The van der Waals surface area contributed by atoms with Crippen LogP contribution >= 0.6 is 23.8 Å². The van der Waals surface area contributed by atoms with Gasteiger partial charge in [-0.3, -0.25) is 0 Å². The number of nitrogens with one attached hydrogen (secondary N) is 1. The molecule has 138 valence electrons. The summed E-state index contributed by atoms with van der Waals surface area (Å²) in [4.78, 5) is 2.18. The van der Waals surface area contributed by atoms with Crippen molar-refractivity contribution in [3.05, 3.63) is 58.1 Å². The van der Waals surface area contributed by atoms with Gasteiger partial charge < -0.3 is 20.1 Å². The third-order valence-corrected chi connectivity index (χ3v) is 5.28. The topological polar surface area (TPSA) is 44.7 Å². The summed E-state index contributed by atoms with van der Waals surface area (Å²) >= 11 is 11.5. The zero-order valence-corrected chi connectivity index (χ0v) is 16.4. The van der Waals surface area contributed by atoms with E-state index in [1.165, 1.54) is 5.56 Å². The van der Waals surface area contributed by atoms with Crippen LogP contribution in [0.25, 0.3) is 0 Å². The molecule has 1 heterocycles. The highest BCUT2D eigenvalue weighted by Gasteiger charge is 2.18. The molecule has 0 atom stereocenters. The lowest BCUT2D eigenvalue weighted by Crippen LogP contribution is -2.40. The molecule has 0 unspecified atom stereocenters. The van der Waals surface area contributed by atoms with E-state index in [0.717, 1.165) is 60.2 Å². The fourth-order valence-electron chi connectivity index (χ4n) is 3.19. The largest absolute Gasteiger partial charge is 0.504 e. The van der Waals surface area contributed by atoms with Crippen LogP contribution in [-0.4, -0.2) is 35.3 Å². The van der Waals surface area contributed by atoms with Gasteiger partial charge in [0.05, 0.1) is 7.11 Å². The van der Waals surface area contributed by atoms with Gasteiger partial charge in [-0.25, -0.2) is 0 Å². The van der Waals surface area contributed by atoms with Gasteiger partial charge >= 0.3 is 0 Å². The fraction of sp³-hybridized carbons (Fsp3) is 0.350. The lowest BCUT2D eigenvalue weighted by molar-refractivity contribution is 0.371. The average Bonchev–Trinajstić information content (AvgIpc) is 2.84. The van der Waals surface area contributed by atoms with E-state index in [2.05, 4.69) is 10.2 Å². The number of fused-ring (bicyclic) bond motifs is 1. The van der Waals surface area contributed by atoms with Crippen LogP contribution in [0.2, 0.25) is 5.02 Å². The Bertz CT molecular complexity index is 780. The number of phenols is 1. The number of hydrogen-bond acceptors (Lipinski definition) is 3. The lowest BCUT2D eigenvalue weighted by Gasteiger charge is -2.24. The highest BCUT2D eigenvalue weighted by molar-refractivity contribution is 7.80. The molecule has 0 aliphatic carbocycles. The van der Waals surface area contributed by atoms with Gasteiger partial charge in [-0.2, -0.15) is 0 Å². The van der Waals surface area contributed by atoms with Gasteiger partial charge in [-0.05, 0) is 72.4 Å². The molecule has 0 fully saturated rings. The molecule has 0 aromatic heterocycles. The first-order valence-corrected chi connectivity index (χ1v) is 9.51. The summed E-state index contributed by atoms with van der Waals surface area (Å²) in [5.41, 5.74) is 3.54. The predicted octanol–water partition coefficient (Wildman–Crippen LogP) is 3.92. The van der Waals surface area contributed by atoms with Gasteiger partial charge in [0.15, 0.2) is 16.6 Å². The Kier molecular flexibility index (Phi) is 6.22. The number of rotatable bonds is 4. The summed E-state index contributed by atoms with van der Waals surface area (Å²) in [6.07, 6.45) is 2.82. The minimum absolute atomic E-state index is 0.198. The van der Waals surface area contributed by atoms with Gasteiger partial charge in [-0.1, -0.05) is 23.7 Å². The van der Waals surface area contributed by atoms with Crippen molar-refractivity contribution in [3.8, 4) is 11.5 Å². The second-order valence-corrected chi connectivity index (χ2v) is 7.25. The Labute approximate surface area is 164 Å². The Morgan fingerprint density at radius 2 is 2.04 bits per heavy atom. The molecule has 0 amide bonds. The predicted molar refractivity (Wildman–Crippen MR) is 109 cm³/mol. The molecule has 2 N–H and O–H groups in total. The van der Waals surface area contributed by atoms with Crippen molar-refractivity contribution in [1.82, 2.24) is 10.2 Å². The van der Waals surface area contributed by atoms with Crippen LogP contribution in [0.4, 0.5) is 0 Å². The molecular formula is C20H23ClN2O2S. The summed E-state index contributed by atoms with van der Waals surface area (Å²) < 4.78 is 5.24. The minimum Gasteiger partial charge on any atom is -0.504 e.